The molecule has 0 aliphatic carbocycles. The minimum Gasteiger partial charge on any atom is -0.385 e. The van der Waals surface area contributed by atoms with Crippen LogP contribution < -0.4 is 15.1 Å². The molecule has 9 aromatic rings. The van der Waals surface area contributed by atoms with Crippen molar-refractivity contribution in [1.29, 1.82) is 0 Å². The molecule has 3 heteroatoms. The van der Waals surface area contributed by atoms with Crippen molar-refractivity contribution in [1.82, 2.24) is 0 Å². The van der Waals surface area contributed by atoms with E-state index in [1.54, 1.807) is 0 Å². The summed E-state index contributed by atoms with van der Waals surface area (Å²) in [5.74, 6) is 0. The third-order valence-corrected chi connectivity index (χ3v) is 12.2. The van der Waals surface area contributed by atoms with Crippen LogP contribution in [0.1, 0.15) is 53.1 Å². The van der Waals surface area contributed by atoms with E-state index in [0.29, 0.717) is 0 Å². The number of benzene rings is 9. The highest BCUT2D eigenvalue weighted by Gasteiger charge is 2.15. The summed E-state index contributed by atoms with van der Waals surface area (Å²) >= 11 is 0. The van der Waals surface area contributed by atoms with Gasteiger partial charge in [0.05, 0.1) is 0 Å². The number of unbranched alkanes of at least 4 members (excludes halogenated alkanes) is 1. The van der Waals surface area contributed by atoms with E-state index in [2.05, 4.69) is 285 Å². The van der Waals surface area contributed by atoms with Crippen molar-refractivity contribution < 1.29 is 0 Å². The van der Waals surface area contributed by atoms with E-state index in [-0.39, 0.29) is 0 Å². The summed E-state index contributed by atoms with van der Waals surface area (Å²) in [5.41, 5.74) is 19.7. The van der Waals surface area contributed by atoms with Gasteiger partial charge in [0.15, 0.2) is 0 Å². The van der Waals surface area contributed by atoms with Gasteiger partial charge in [0.2, 0.25) is 0 Å². The van der Waals surface area contributed by atoms with Crippen LogP contribution in [0.2, 0.25) is 0 Å². The first kappa shape index (κ1) is 44.1. The minimum atomic E-state index is 0.976. The second kappa shape index (κ2) is 21.2. The lowest BCUT2D eigenvalue weighted by molar-refractivity contribution is 0.834. The average molecular weight is 868 g/mol. The van der Waals surface area contributed by atoms with Gasteiger partial charge in [0, 0.05) is 46.4 Å². The second-order valence-corrected chi connectivity index (χ2v) is 17.2. The third kappa shape index (κ3) is 11.2. The van der Waals surface area contributed by atoms with Crippen LogP contribution in [0.25, 0.3) is 46.6 Å². The zero-order chi connectivity index (χ0) is 45.8. The maximum Gasteiger partial charge on any atom is 0.0463 e. The maximum atomic E-state index is 3.57. The number of hydrogen-bond acceptors (Lipinski definition) is 3. The lowest BCUT2D eigenvalue weighted by Crippen LogP contribution is -2.10. The Morgan fingerprint density at radius 3 is 0.955 bits per heavy atom. The van der Waals surface area contributed by atoms with Crippen molar-refractivity contribution in [3.05, 3.63) is 258 Å². The quantitative estimate of drug-likeness (QED) is 0.0771. The molecule has 67 heavy (non-hydrogen) atoms. The van der Waals surface area contributed by atoms with E-state index in [0.717, 1.165) is 63.9 Å². The van der Waals surface area contributed by atoms with Crippen molar-refractivity contribution in [2.45, 2.75) is 33.6 Å². The Balaban J connectivity index is 0.920. The molecule has 0 spiro atoms. The van der Waals surface area contributed by atoms with Crippen molar-refractivity contribution >= 4 is 64.1 Å². The summed E-state index contributed by atoms with van der Waals surface area (Å²) in [6, 6.07) is 80.9. The fourth-order valence-electron chi connectivity index (χ4n) is 8.28. The summed E-state index contributed by atoms with van der Waals surface area (Å²) in [7, 11) is 0. The Bertz CT molecular complexity index is 3000. The van der Waals surface area contributed by atoms with Crippen molar-refractivity contribution in [2.24, 2.45) is 0 Å². The maximum absolute atomic E-state index is 3.57. The zero-order valence-corrected chi connectivity index (χ0v) is 38.7. The monoisotopic (exact) mass is 867 g/mol. The molecule has 0 unspecified atom stereocenters. The minimum absolute atomic E-state index is 0.976. The van der Waals surface area contributed by atoms with Gasteiger partial charge in [-0.25, -0.2) is 0 Å². The summed E-state index contributed by atoms with van der Waals surface area (Å²) in [6.07, 6.45) is 11.0. The SMILES string of the molecule is CCCCNc1ccc(N(c2ccc(/C=C/c3ccc(C)cc3)cc2)c2ccc(-c3ccc(-c4ccc(N(c5ccccc5)c5ccc(/C=C/c6ccc(C)cc6)cc5)cc4)cc3)cc2)cc1. The molecule has 0 bridgehead atoms. The molecule has 0 amide bonds. The van der Waals surface area contributed by atoms with Crippen LogP contribution in [-0.2, 0) is 0 Å². The molecular formula is C64H57N3. The van der Waals surface area contributed by atoms with E-state index in [1.165, 1.54) is 50.9 Å². The van der Waals surface area contributed by atoms with Crippen LogP contribution >= 0.6 is 0 Å². The van der Waals surface area contributed by atoms with E-state index < -0.39 is 0 Å². The van der Waals surface area contributed by atoms with Crippen LogP contribution in [0, 0.1) is 13.8 Å². The number of aryl methyl sites for hydroxylation is 2. The molecule has 3 nitrogen and oxygen atoms in total. The summed E-state index contributed by atoms with van der Waals surface area (Å²) in [5, 5.41) is 3.57. The molecule has 0 saturated heterocycles. The van der Waals surface area contributed by atoms with Gasteiger partial charge in [-0.2, -0.15) is 0 Å². The topological polar surface area (TPSA) is 18.5 Å². The van der Waals surface area contributed by atoms with Gasteiger partial charge in [-0.3, -0.25) is 0 Å². The van der Waals surface area contributed by atoms with Gasteiger partial charge >= 0.3 is 0 Å². The normalized spacial score (nSPS) is 11.3. The standard InChI is InChI=1S/C64H57N3/c1-4-5-47-65-58-35-45-64(46-36-58)67(61-39-25-53(26-40-61)22-20-51-17-13-49(3)14-18-51)63-43-33-57(34-44-63)55-29-27-54(28-30-55)56-31-41-62(42-32-56)66(59-9-7-6-8-10-59)60-37-23-52(24-38-60)21-19-50-15-11-48(2)12-16-50/h6-46,65H,4-5,47H2,1-3H3/b21-19+,22-20+. The Morgan fingerprint density at radius 1 is 0.328 bits per heavy atom. The number of anilines is 7. The van der Waals surface area contributed by atoms with Crippen molar-refractivity contribution in [3.8, 4) is 22.3 Å². The number of para-hydroxylation sites is 1. The molecule has 0 aromatic heterocycles. The predicted molar refractivity (Wildman–Crippen MR) is 290 cm³/mol. The first-order chi connectivity index (χ1) is 33.0. The molecule has 328 valence electrons. The third-order valence-electron chi connectivity index (χ3n) is 12.2. The van der Waals surface area contributed by atoms with E-state index in [9.17, 15) is 0 Å². The van der Waals surface area contributed by atoms with Gasteiger partial charge in [0.1, 0.15) is 0 Å². The lowest BCUT2D eigenvalue weighted by atomic mass is 9.99. The molecule has 0 radical (unpaired) electrons. The van der Waals surface area contributed by atoms with E-state index in [1.807, 2.05) is 0 Å². The summed E-state index contributed by atoms with van der Waals surface area (Å²) in [4.78, 5) is 4.64. The number of rotatable bonds is 16. The summed E-state index contributed by atoms with van der Waals surface area (Å²) < 4.78 is 0. The molecule has 0 atom stereocenters. The van der Waals surface area contributed by atoms with Gasteiger partial charge in [-0.1, -0.05) is 188 Å². The first-order valence-electron chi connectivity index (χ1n) is 23.5. The van der Waals surface area contributed by atoms with Gasteiger partial charge in [-0.15, -0.1) is 0 Å². The van der Waals surface area contributed by atoms with E-state index in [4.69, 9.17) is 0 Å². The number of nitrogens with one attached hydrogen (secondary N) is 1. The molecule has 0 saturated carbocycles. The Morgan fingerprint density at radius 2 is 0.612 bits per heavy atom. The molecule has 0 aliphatic rings. The van der Waals surface area contributed by atoms with Crippen LogP contribution in [0.3, 0.4) is 0 Å². The Kier molecular flexibility index (Phi) is 14.0. The lowest BCUT2D eigenvalue weighted by Gasteiger charge is -2.26. The van der Waals surface area contributed by atoms with Crippen LogP contribution in [0.5, 0.6) is 0 Å². The highest BCUT2D eigenvalue weighted by atomic mass is 15.1. The Hall–Kier alpha value is -8.14. The average Bonchev–Trinajstić information content (AvgIpc) is 3.38. The van der Waals surface area contributed by atoms with Gasteiger partial charge < -0.3 is 15.1 Å². The molecule has 9 aromatic carbocycles. The molecule has 0 heterocycles. The van der Waals surface area contributed by atoms with Crippen molar-refractivity contribution in [3.63, 3.8) is 0 Å². The second-order valence-electron chi connectivity index (χ2n) is 17.2. The highest BCUT2D eigenvalue weighted by Crippen LogP contribution is 2.38. The number of hydrogen-bond donors (Lipinski definition) is 1. The molecule has 0 fully saturated rings. The smallest absolute Gasteiger partial charge is 0.0463 e. The molecular weight excluding hydrogens is 811 g/mol. The van der Waals surface area contributed by atoms with Crippen LogP contribution in [-0.4, -0.2) is 6.54 Å². The zero-order valence-electron chi connectivity index (χ0n) is 38.7. The van der Waals surface area contributed by atoms with Crippen molar-refractivity contribution in [2.75, 3.05) is 21.7 Å². The molecule has 9 rings (SSSR count). The number of nitrogens with zero attached hydrogens (tertiary/aromatic N) is 2. The summed E-state index contributed by atoms with van der Waals surface area (Å²) in [6.45, 7) is 7.43. The highest BCUT2D eigenvalue weighted by molar-refractivity contribution is 5.82. The fraction of sp³-hybridized carbons (Fsp3) is 0.0938. The van der Waals surface area contributed by atoms with Gasteiger partial charge in [0.25, 0.3) is 0 Å². The molecule has 0 aliphatic heterocycles. The van der Waals surface area contributed by atoms with E-state index >= 15 is 0 Å². The van der Waals surface area contributed by atoms with Crippen LogP contribution in [0.15, 0.2) is 224 Å². The Labute approximate surface area is 397 Å². The first-order valence-corrected chi connectivity index (χ1v) is 23.5. The largest absolute Gasteiger partial charge is 0.385 e. The van der Waals surface area contributed by atoms with Crippen LogP contribution in [0.4, 0.5) is 39.8 Å². The predicted octanol–water partition coefficient (Wildman–Crippen LogP) is 18.1. The fourth-order valence-corrected chi connectivity index (χ4v) is 8.28. The van der Waals surface area contributed by atoms with Gasteiger partial charge in [-0.05, 0) is 150 Å². The molecule has 1 N–H and O–H groups in total.